The Labute approximate surface area is 120 Å². The van der Waals surface area contributed by atoms with Crippen LogP contribution in [0.2, 0.25) is 5.02 Å². The minimum atomic E-state index is -0.409. The molecule has 0 unspecified atom stereocenters. The Balaban J connectivity index is 2.28. The molecule has 1 heterocycles. The van der Waals surface area contributed by atoms with Crippen molar-refractivity contribution in [3.8, 4) is 5.75 Å². The number of H-pyrrole nitrogens is 1. The highest BCUT2D eigenvalue weighted by molar-refractivity contribution is 6.32. The van der Waals surface area contributed by atoms with Gasteiger partial charge in [0, 0.05) is 17.5 Å². The summed E-state index contributed by atoms with van der Waals surface area (Å²) in [7, 11) is 0. The van der Waals surface area contributed by atoms with Crippen LogP contribution in [0.1, 0.15) is 33.3 Å². The van der Waals surface area contributed by atoms with Crippen molar-refractivity contribution in [2.45, 2.75) is 13.8 Å². The van der Waals surface area contributed by atoms with Crippen LogP contribution in [0.3, 0.4) is 0 Å². The molecule has 2 aromatic rings. The molecule has 0 aliphatic heterocycles. The van der Waals surface area contributed by atoms with E-state index in [9.17, 15) is 14.7 Å². The van der Waals surface area contributed by atoms with E-state index in [1.54, 1.807) is 13.1 Å². The third kappa shape index (κ3) is 2.67. The Bertz CT molecular complexity index is 692. The molecule has 1 aromatic carbocycles. The lowest BCUT2D eigenvalue weighted by atomic mass is 10.1. The summed E-state index contributed by atoms with van der Waals surface area (Å²) < 4.78 is 0. The topological polar surface area (TPSA) is 82.2 Å². The second-order valence-electron chi connectivity index (χ2n) is 4.38. The van der Waals surface area contributed by atoms with Crippen LogP contribution in [0.5, 0.6) is 5.75 Å². The van der Waals surface area contributed by atoms with Gasteiger partial charge in [0.25, 0.3) is 5.91 Å². The van der Waals surface area contributed by atoms with Crippen molar-refractivity contribution in [3.63, 3.8) is 0 Å². The molecule has 3 N–H and O–H groups in total. The number of nitrogens with one attached hydrogen (secondary N) is 2. The normalized spacial score (nSPS) is 10.3. The SMILES string of the molecule is CC(=O)c1c(NC(=O)c2ccc(O)c(Cl)c2)c[nH]c1C. The number of amides is 1. The molecule has 0 radical (unpaired) electrons. The summed E-state index contributed by atoms with van der Waals surface area (Å²) in [5, 5.41) is 12.1. The summed E-state index contributed by atoms with van der Waals surface area (Å²) in [6, 6.07) is 4.15. The minimum absolute atomic E-state index is 0.0923. The number of hydrogen-bond donors (Lipinski definition) is 3. The molecule has 0 bridgehead atoms. The number of phenols is 1. The number of anilines is 1. The Morgan fingerprint density at radius 3 is 2.65 bits per heavy atom. The van der Waals surface area contributed by atoms with Gasteiger partial charge in [-0.2, -0.15) is 0 Å². The van der Waals surface area contributed by atoms with Gasteiger partial charge in [-0.3, -0.25) is 9.59 Å². The van der Waals surface area contributed by atoms with Gasteiger partial charge in [-0.25, -0.2) is 0 Å². The molecule has 2 rings (SSSR count). The number of aromatic nitrogens is 1. The van der Waals surface area contributed by atoms with Crippen LogP contribution in [0.4, 0.5) is 5.69 Å². The van der Waals surface area contributed by atoms with E-state index in [0.717, 1.165) is 0 Å². The molecule has 0 fully saturated rings. The average Bonchev–Trinajstić information content (AvgIpc) is 2.73. The Hall–Kier alpha value is -2.27. The van der Waals surface area contributed by atoms with Crippen LogP contribution >= 0.6 is 11.6 Å². The maximum atomic E-state index is 12.1. The van der Waals surface area contributed by atoms with Gasteiger partial charge in [0.05, 0.1) is 16.3 Å². The lowest BCUT2D eigenvalue weighted by Crippen LogP contribution is -2.13. The lowest BCUT2D eigenvalue weighted by molar-refractivity contribution is 0.101. The van der Waals surface area contributed by atoms with Crippen LogP contribution < -0.4 is 5.32 Å². The minimum Gasteiger partial charge on any atom is -0.506 e. The Kier molecular flexibility index (Phi) is 3.81. The summed E-state index contributed by atoms with van der Waals surface area (Å²) in [4.78, 5) is 26.5. The van der Waals surface area contributed by atoms with E-state index < -0.39 is 5.91 Å². The average molecular weight is 293 g/mol. The molecule has 1 aromatic heterocycles. The predicted molar refractivity (Wildman–Crippen MR) is 76.6 cm³/mol. The summed E-state index contributed by atoms with van der Waals surface area (Å²) >= 11 is 5.76. The fourth-order valence-electron chi connectivity index (χ4n) is 1.92. The largest absolute Gasteiger partial charge is 0.506 e. The molecule has 0 saturated heterocycles. The summed E-state index contributed by atoms with van der Waals surface area (Å²) in [6.07, 6.45) is 1.56. The highest BCUT2D eigenvalue weighted by Gasteiger charge is 2.16. The van der Waals surface area contributed by atoms with E-state index in [2.05, 4.69) is 10.3 Å². The zero-order valence-corrected chi connectivity index (χ0v) is 11.7. The molecular weight excluding hydrogens is 280 g/mol. The first kappa shape index (κ1) is 14.1. The van der Waals surface area contributed by atoms with Gasteiger partial charge in [-0.1, -0.05) is 11.6 Å². The number of carbonyl (C=O) groups is 2. The number of phenolic OH excluding ortho intramolecular Hbond substituents is 1. The van der Waals surface area contributed by atoms with Gasteiger partial charge in [-0.05, 0) is 32.0 Å². The van der Waals surface area contributed by atoms with Crippen molar-refractivity contribution < 1.29 is 14.7 Å². The van der Waals surface area contributed by atoms with Crippen molar-refractivity contribution in [3.05, 3.63) is 46.2 Å². The van der Waals surface area contributed by atoms with Crippen molar-refractivity contribution in [1.29, 1.82) is 0 Å². The first-order valence-corrected chi connectivity index (χ1v) is 6.26. The number of carbonyl (C=O) groups excluding carboxylic acids is 2. The first-order chi connectivity index (χ1) is 9.40. The smallest absolute Gasteiger partial charge is 0.255 e. The number of ketones is 1. The van der Waals surface area contributed by atoms with Gasteiger partial charge in [0.2, 0.25) is 0 Å². The monoisotopic (exact) mass is 292 g/mol. The third-order valence-corrected chi connectivity index (χ3v) is 3.19. The van der Waals surface area contributed by atoms with Crippen LogP contribution in [0.25, 0.3) is 0 Å². The fourth-order valence-corrected chi connectivity index (χ4v) is 2.10. The highest BCUT2D eigenvalue weighted by Crippen LogP contribution is 2.25. The van der Waals surface area contributed by atoms with E-state index >= 15 is 0 Å². The van der Waals surface area contributed by atoms with Crippen LogP contribution in [-0.4, -0.2) is 21.8 Å². The lowest BCUT2D eigenvalue weighted by Gasteiger charge is -2.06. The molecule has 0 spiro atoms. The number of hydrogen-bond acceptors (Lipinski definition) is 3. The van der Waals surface area contributed by atoms with Crippen molar-refractivity contribution in [2.24, 2.45) is 0 Å². The molecule has 1 amide bonds. The van der Waals surface area contributed by atoms with E-state index in [1.165, 1.54) is 25.1 Å². The van der Waals surface area contributed by atoms with Crippen molar-refractivity contribution in [1.82, 2.24) is 4.98 Å². The van der Waals surface area contributed by atoms with Gasteiger partial charge < -0.3 is 15.4 Å². The van der Waals surface area contributed by atoms with E-state index in [4.69, 9.17) is 11.6 Å². The molecule has 0 atom stereocenters. The zero-order chi connectivity index (χ0) is 14.9. The molecule has 104 valence electrons. The predicted octanol–water partition coefficient (Wildman–Crippen LogP) is 3.14. The molecule has 20 heavy (non-hydrogen) atoms. The number of halogens is 1. The summed E-state index contributed by atoms with van der Waals surface area (Å²) in [6.45, 7) is 3.19. The molecule has 0 aliphatic rings. The maximum absolute atomic E-state index is 12.1. The number of rotatable bonds is 3. The molecule has 0 aliphatic carbocycles. The fraction of sp³-hybridized carbons (Fsp3) is 0.143. The van der Waals surface area contributed by atoms with Crippen LogP contribution in [-0.2, 0) is 0 Å². The standard InChI is InChI=1S/C14H13ClN2O3/c1-7-13(8(2)18)11(6-16-7)17-14(20)9-3-4-12(19)10(15)5-9/h3-6,16,19H,1-2H3,(H,17,20). The van der Waals surface area contributed by atoms with E-state index in [1.807, 2.05) is 0 Å². The quantitative estimate of drug-likeness (QED) is 0.760. The molecule has 0 saturated carbocycles. The summed E-state index contributed by atoms with van der Waals surface area (Å²) in [5.41, 5.74) is 1.85. The van der Waals surface area contributed by atoms with Gasteiger partial charge in [0.1, 0.15) is 5.75 Å². The third-order valence-electron chi connectivity index (χ3n) is 2.89. The van der Waals surface area contributed by atoms with Crippen molar-refractivity contribution in [2.75, 3.05) is 5.32 Å². The Morgan fingerprint density at radius 1 is 1.35 bits per heavy atom. The number of Topliss-reactive ketones (excluding diaryl/α,β-unsaturated/α-hetero) is 1. The van der Waals surface area contributed by atoms with E-state index in [0.29, 0.717) is 22.5 Å². The second-order valence-corrected chi connectivity index (χ2v) is 4.79. The number of aromatic amines is 1. The van der Waals surface area contributed by atoms with Crippen LogP contribution in [0.15, 0.2) is 24.4 Å². The molecule has 6 heteroatoms. The zero-order valence-electron chi connectivity index (χ0n) is 11.0. The van der Waals surface area contributed by atoms with Crippen LogP contribution in [0, 0.1) is 6.92 Å². The van der Waals surface area contributed by atoms with Gasteiger partial charge in [-0.15, -0.1) is 0 Å². The summed E-state index contributed by atoms with van der Waals surface area (Å²) in [5.74, 6) is -0.638. The number of aromatic hydroxyl groups is 1. The second kappa shape index (κ2) is 5.38. The van der Waals surface area contributed by atoms with E-state index in [-0.39, 0.29) is 16.6 Å². The number of benzene rings is 1. The first-order valence-electron chi connectivity index (χ1n) is 5.89. The van der Waals surface area contributed by atoms with Gasteiger partial charge >= 0.3 is 0 Å². The van der Waals surface area contributed by atoms with Gasteiger partial charge in [0.15, 0.2) is 5.78 Å². The maximum Gasteiger partial charge on any atom is 0.255 e. The Morgan fingerprint density at radius 2 is 2.05 bits per heavy atom. The highest BCUT2D eigenvalue weighted by atomic mass is 35.5. The molecule has 5 nitrogen and oxygen atoms in total. The molecular formula is C14H13ClN2O3. The van der Waals surface area contributed by atoms with Crippen molar-refractivity contribution >= 4 is 29.0 Å². The number of aryl methyl sites for hydroxylation is 1.